The molecule has 0 aliphatic carbocycles. The van der Waals surface area contributed by atoms with Crippen LogP contribution in [0.4, 0.5) is 0 Å². The highest BCUT2D eigenvalue weighted by molar-refractivity contribution is 5.44. The molecule has 2 heterocycles. The number of nitrogens with zero attached hydrogens (tertiary/aromatic N) is 1. The zero-order chi connectivity index (χ0) is 34.0. The van der Waals surface area contributed by atoms with Crippen molar-refractivity contribution < 1.29 is 34.8 Å². The minimum Gasteiger partial charge on any atom is -0.454 e. The summed E-state index contributed by atoms with van der Waals surface area (Å²) in [6.07, 6.45) is -4.02. The molecular weight excluding hydrogens is 386 g/mol. The quantitative estimate of drug-likeness (QED) is 0.514. The van der Waals surface area contributed by atoms with E-state index >= 15 is 0 Å². The van der Waals surface area contributed by atoms with Gasteiger partial charge in [-0.25, -0.2) is 0 Å². The van der Waals surface area contributed by atoms with Crippen molar-refractivity contribution in [2.75, 3.05) is 26.4 Å². The van der Waals surface area contributed by atoms with Gasteiger partial charge in [0.25, 0.3) is 0 Å². The topological polar surface area (TPSA) is 30.9 Å². The normalized spacial score (nSPS) is 25.7. The predicted octanol–water partition coefficient (Wildman–Crippen LogP) is 5.23. The highest BCUT2D eigenvalue weighted by Gasteiger charge is 2.25. The fourth-order valence-corrected chi connectivity index (χ4v) is 3.53. The SMILES string of the molecule is [2H]c1c([2H])c([2H])c(C(O[C@@H]2CCCN(CC([2H])([2H])c3c([2H])c([2H])c4c(c3[2H])OCO4)C2)c2c([2H])c([2H])c([2H])c([2H])c2[2H])c([2H])c1[2H]. The van der Waals surface area contributed by atoms with E-state index in [-0.39, 0.29) is 36.9 Å². The van der Waals surface area contributed by atoms with Crippen molar-refractivity contribution in [2.45, 2.75) is 31.4 Å². The van der Waals surface area contributed by atoms with E-state index in [0.29, 0.717) is 19.4 Å². The van der Waals surface area contributed by atoms with Crippen molar-refractivity contribution in [3.8, 4) is 11.5 Å². The molecule has 0 aromatic heterocycles. The van der Waals surface area contributed by atoms with E-state index in [2.05, 4.69) is 0 Å². The lowest BCUT2D eigenvalue weighted by Crippen LogP contribution is -2.41. The largest absolute Gasteiger partial charge is 0.454 e. The van der Waals surface area contributed by atoms with Gasteiger partial charge < -0.3 is 19.1 Å². The van der Waals surface area contributed by atoms with Crippen molar-refractivity contribution in [1.29, 1.82) is 0 Å². The van der Waals surface area contributed by atoms with Gasteiger partial charge in [-0.05, 0) is 54.5 Å². The predicted molar refractivity (Wildman–Crippen MR) is 122 cm³/mol. The maximum atomic E-state index is 8.81. The molecule has 160 valence electrons. The van der Waals surface area contributed by atoms with Crippen LogP contribution in [0.5, 0.6) is 11.5 Å². The Balaban J connectivity index is 1.52. The first-order valence-corrected chi connectivity index (χ1v) is 9.90. The second-order valence-corrected chi connectivity index (χ2v) is 7.08. The van der Waals surface area contributed by atoms with Crippen LogP contribution in [0.15, 0.2) is 78.6 Å². The molecule has 1 saturated heterocycles. The lowest BCUT2D eigenvalue weighted by Gasteiger charge is -2.35. The molecule has 2 aliphatic rings. The summed E-state index contributed by atoms with van der Waals surface area (Å²) >= 11 is 0. The van der Waals surface area contributed by atoms with Crippen LogP contribution < -0.4 is 9.47 Å². The van der Waals surface area contributed by atoms with E-state index in [4.69, 9.17) is 34.8 Å². The molecule has 4 nitrogen and oxygen atoms in total. The van der Waals surface area contributed by atoms with Gasteiger partial charge in [0.15, 0.2) is 11.5 Å². The molecule has 5 rings (SSSR count). The van der Waals surface area contributed by atoms with Gasteiger partial charge in [-0.2, -0.15) is 0 Å². The standard InChI is InChI=1S/C27H29NO3/c1-3-8-22(9-4-1)27(23-10-5-2-6-11-23)31-24-12-7-16-28(19-24)17-15-21-13-14-25-26(18-21)30-20-29-25/h1-6,8-11,13-14,18,24,27H,7,12,15-17,19-20H2/t24-/m1/s1/i1D,2D,3D,4D,5D,6D,8D,9D,10D,11D,13D,14D,15D2,18D. The number of rotatable bonds is 7. The zero-order valence-electron chi connectivity index (χ0n) is 31.6. The summed E-state index contributed by atoms with van der Waals surface area (Å²) in [5.74, 6) is -0.202. The molecule has 0 saturated carbocycles. The van der Waals surface area contributed by atoms with E-state index in [9.17, 15) is 0 Å². The number of hydrogen-bond donors (Lipinski definition) is 0. The third kappa shape index (κ3) is 4.92. The van der Waals surface area contributed by atoms with Crippen molar-refractivity contribution in [3.05, 3.63) is 95.2 Å². The molecule has 0 spiro atoms. The fourth-order valence-electron chi connectivity index (χ4n) is 3.53. The molecule has 0 bridgehead atoms. The Hall–Kier alpha value is -2.82. The molecule has 0 radical (unpaired) electrons. The first kappa shape index (κ1) is 9.35. The molecule has 1 atom stereocenters. The number of fused-ring (bicyclic) bond motifs is 1. The average molecular weight is 431 g/mol. The Morgan fingerprint density at radius 2 is 1.68 bits per heavy atom. The van der Waals surface area contributed by atoms with E-state index in [0.717, 1.165) is 0 Å². The first-order chi connectivity index (χ1) is 21.5. The van der Waals surface area contributed by atoms with Crippen molar-refractivity contribution in [2.24, 2.45) is 0 Å². The molecule has 31 heavy (non-hydrogen) atoms. The van der Waals surface area contributed by atoms with Crippen LogP contribution in [-0.2, 0) is 11.1 Å². The lowest BCUT2D eigenvalue weighted by atomic mass is 10.00. The maximum Gasteiger partial charge on any atom is 0.231 e. The van der Waals surface area contributed by atoms with Gasteiger partial charge in [0.05, 0.1) is 23.9 Å². The molecule has 0 N–H and O–H groups in total. The highest BCUT2D eigenvalue weighted by Crippen LogP contribution is 2.33. The molecule has 0 unspecified atom stereocenters. The maximum absolute atomic E-state index is 8.81. The monoisotopic (exact) mass is 430 g/mol. The Kier molecular flexibility index (Phi) is 2.88. The Bertz CT molecular complexity index is 1610. The van der Waals surface area contributed by atoms with E-state index in [1.165, 1.54) is 0 Å². The molecule has 3 aromatic rings. The summed E-state index contributed by atoms with van der Waals surface area (Å²) in [4.78, 5) is 1.65. The number of ether oxygens (including phenoxy) is 3. The summed E-state index contributed by atoms with van der Waals surface area (Å²) in [5, 5.41) is 0. The highest BCUT2D eigenvalue weighted by atomic mass is 16.7. The molecule has 0 amide bonds. The van der Waals surface area contributed by atoms with E-state index < -0.39 is 108 Å². The third-order valence-electron chi connectivity index (χ3n) is 4.99. The Labute approximate surface area is 205 Å². The smallest absolute Gasteiger partial charge is 0.231 e. The summed E-state index contributed by atoms with van der Waals surface area (Å²) in [5.41, 5.74) is -1.16. The number of benzene rings is 3. The average Bonchev–Trinajstić information content (AvgIpc) is 3.51. The molecule has 2 aliphatic heterocycles. The number of hydrogen-bond acceptors (Lipinski definition) is 4. The minimum absolute atomic E-state index is 0.0201. The van der Waals surface area contributed by atoms with E-state index in [1.807, 2.05) is 0 Å². The minimum atomic E-state index is -2.31. The molecule has 3 aromatic carbocycles. The van der Waals surface area contributed by atoms with Crippen molar-refractivity contribution in [3.63, 3.8) is 0 Å². The number of piperidine rings is 1. The van der Waals surface area contributed by atoms with Gasteiger partial charge in [-0.3, -0.25) is 0 Å². The molecule has 4 heteroatoms. The fraction of sp³-hybridized carbons (Fsp3) is 0.333. The first-order valence-electron chi connectivity index (χ1n) is 17.4. The van der Waals surface area contributed by atoms with Gasteiger partial charge >= 0.3 is 0 Å². The Morgan fingerprint density at radius 3 is 2.42 bits per heavy atom. The van der Waals surface area contributed by atoms with Gasteiger partial charge in [-0.1, -0.05) is 66.5 Å². The second kappa shape index (κ2) is 9.54. The summed E-state index contributed by atoms with van der Waals surface area (Å²) < 4.78 is 142. The van der Waals surface area contributed by atoms with Gasteiger partial charge in [0.1, 0.15) is 6.10 Å². The molecule has 1 fully saturated rings. The van der Waals surface area contributed by atoms with Crippen LogP contribution in [0.25, 0.3) is 0 Å². The molecular formula is C27H29NO3. The van der Waals surface area contributed by atoms with Crippen molar-refractivity contribution in [1.82, 2.24) is 4.90 Å². The zero-order valence-corrected chi connectivity index (χ0v) is 16.6. The summed E-state index contributed by atoms with van der Waals surface area (Å²) in [7, 11) is 0. The van der Waals surface area contributed by atoms with Crippen LogP contribution in [0.2, 0.25) is 0 Å². The van der Waals surface area contributed by atoms with Crippen molar-refractivity contribution >= 4 is 0 Å². The summed E-state index contributed by atoms with van der Waals surface area (Å²) in [6.45, 7) is -0.205. The van der Waals surface area contributed by atoms with E-state index in [1.54, 1.807) is 4.90 Å². The van der Waals surface area contributed by atoms with Crippen LogP contribution in [0.1, 0.15) is 56.2 Å². The summed E-state index contributed by atoms with van der Waals surface area (Å²) in [6, 6.07) is -8.05. The Morgan fingerprint density at radius 1 is 0.968 bits per heavy atom. The van der Waals surface area contributed by atoms with Gasteiger partial charge in [-0.15, -0.1) is 0 Å². The third-order valence-corrected chi connectivity index (χ3v) is 4.99. The van der Waals surface area contributed by atoms with Gasteiger partial charge in [0, 0.05) is 15.8 Å². The van der Waals surface area contributed by atoms with Crippen LogP contribution in [0, 0.1) is 0 Å². The van der Waals surface area contributed by atoms with Gasteiger partial charge in [0.2, 0.25) is 6.79 Å². The van der Waals surface area contributed by atoms with Crippen LogP contribution in [0.3, 0.4) is 0 Å². The lowest BCUT2D eigenvalue weighted by molar-refractivity contribution is -0.0330. The number of likely N-dealkylation sites (tertiary alicyclic amines) is 1. The van der Waals surface area contributed by atoms with Crippen LogP contribution in [-0.4, -0.2) is 37.4 Å². The van der Waals surface area contributed by atoms with Crippen LogP contribution >= 0.6 is 0 Å². The second-order valence-electron chi connectivity index (χ2n) is 7.08.